The summed E-state index contributed by atoms with van der Waals surface area (Å²) in [5.41, 5.74) is 1.67. The van der Waals surface area contributed by atoms with E-state index in [-0.39, 0.29) is 5.91 Å². The van der Waals surface area contributed by atoms with Crippen LogP contribution in [0.1, 0.15) is 60.6 Å². The number of H-pyrrole nitrogens is 1. The maximum Gasteiger partial charge on any atom is 0.275 e. The predicted octanol–water partition coefficient (Wildman–Crippen LogP) is 2.75. The molecule has 1 saturated heterocycles. The van der Waals surface area contributed by atoms with Gasteiger partial charge in [-0.15, -0.1) is 0 Å². The standard InChI is InChI=1S/C16H23BrN4O/c17-13-14(11-5-6-11)18-19-15(13)16(22)21-9-7-20(8-10-21)12-3-1-2-4-12/h11-12H,1-10H2,(H,18,19). The first-order valence-electron chi connectivity index (χ1n) is 8.51. The molecule has 120 valence electrons. The zero-order valence-electron chi connectivity index (χ0n) is 12.9. The number of nitrogens with zero attached hydrogens (tertiary/aromatic N) is 3. The van der Waals surface area contributed by atoms with E-state index in [9.17, 15) is 4.79 Å². The monoisotopic (exact) mass is 366 g/mol. The fourth-order valence-electron chi connectivity index (χ4n) is 3.84. The Hall–Kier alpha value is -0.880. The van der Waals surface area contributed by atoms with Gasteiger partial charge in [-0.3, -0.25) is 14.8 Å². The number of hydrogen-bond acceptors (Lipinski definition) is 3. The zero-order chi connectivity index (χ0) is 15.1. The van der Waals surface area contributed by atoms with Gasteiger partial charge in [-0.25, -0.2) is 0 Å². The van der Waals surface area contributed by atoms with Crippen LogP contribution >= 0.6 is 15.9 Å². The topological polar surface area (TPSA) is 52.2 Å². The second kappa shape index (κ2) is 5.96. The van der Waals surface area contributed by atoms with Gasteiger partial charge in [0.25, 0.3) is 5.91 Å². The van der Waals surface area contributed by atoms with Crippen LogP contribution in [0.15, 0.2) is 4.47 Å². The molecule has 1 aromatic rings. The van der Waals surface area contributed by atoms with Crippen molar-refractivity contribution < 1.29 is 4.79 Å². The minimum Gasteiger partial charge on any atom is -0.335 e. The molecule has 5 nitrogen and oxygen atoms in total. The number of halogens is 1. The third-order valence-electron chi connectivity index (χ3n) is 5.36. The molecule has 0 spiro atoms. The van der Waals surface area contributed by atoms with Crippen molar-refractivity contribution in [1.82, 2.24) is 20.0 Å². The molecule has 0 aromatic carbocycles. The van der Waals surface area contributed by atoms with Crippen molar-refractivity contribution in [2.24, 2.45) is 0 Å². The lowest BCUT2D eigenvalue weighted by molar-refractivity contribution is 0.0567. The number of carbonyl (C=O) groups excluding carboxylic acids is 1. The van der Waals surface area contributed by atoms with Gasteiger partial charge in [0.2, 0.25) is 0 Å². The molecular formula is C16H23BrN4O. The zero-order valence-corrected chi connectivity index (χ0v) is 14.4. The average molecular weight is 367 g/mol. The summed E-state index contributed by atoms with van der Waals surface area (Å²) in [6.07, 6.45) is 7.82. The summed E-state index contributed by atoms with van der Waals surface area (Å²) in [5.74, 6) is 0.642. The van der Waals surface area contributed by atoms with Crippen LogP contribution < -0.4 is 0 Å². The molecule has 2 heterocycles. The van der Waals surface area contributed by atoms with Crippen molar-refractivity contribution in [1.29, 1.82) is 0 Å². The summed E-state index contributed by atoms with van der Waals surface area (Å²) >= 11 is 3.57. The van der Waals surface area contributed by atoms with Gasteiger partial charge in [0.05, 0.1) is 10.2 Å². The molecule has 0 atom stereocenters. The average Bonchev–Trinajstić information content (AvgIpc) is 3.09. The minimum atomic E-state index is 0.0705. The van der Waals surface area contributed by atoms with Crippen molar-refractivity contribution in [2.75, 3.05) is 26.2 Å². The fourth-order valence-corrected chi connectivity index (χ4v) is 4.51. The molecular weight excluding hydrogens is 344 g/mol. The molecule has 0 bridgehead atoms. The van der Waals surface area contributed by atoms with Crippen LogP contribution in [-0.4, -0.2) is 58.1 Å². The molecule has 22 heavy (non-hydrogen) atoms. The number of aromatic amines is 1. The van der Waals surface area contributed by atoms with Gasteiger partial charge in [0, 0.05) is 38.1 Å². The molecule has 4 rings (SSSR count). The van der Waals surface area contributed by atoms with Crippen LogP contribution in [0, 0.1) is 0 Å². The lowest BCUT2D eigenvalue weighted by atomic mass is 10.1. The number of nitrogens with one attached hydrogen (secondary N) is 1. The Kier molecular flexibility index (Phi) is 3.98. The maximum atomic E-state index is 12.7. The highest BCUT2D eigenvalue weighted by Gasteiger charge is 2.33. The molecule has 0 unspecified atom stereocenters. The fraction of sp³-hybridized carbons (Fsp3) is 0.750. The number of hydrogen-bond donors (Lipinski definition) is 1. The molecule has 1 aliphatic heterocycles. The Balaban J connectivity index is 1.39. The molecule has 2 aliphatic carbocycles. The Morgan fingerprint density at radius 1 is 1.09 bits per heavy atom. The first-order chi connectivity index (χ1) is 10.7. The van der Waals surface area contributed by atoms with Crippen LogP contribution in [0.4, 0.5) is 0 Å². The normalized spacial score (nSPS) is 24.1. The molecule has 1 amide bonds. The summed E-state index contributed by atoms with van der Waals surface area (Å²) in [6, 6.07) is 0.760. The Labute approximate surface area is 139 Å². The minimum absolute atomic E-state index is 0.0705. The molecule has 3 aliphatic rings. The molecule has 1 aromatic heterocycles. The van der Waals surface area contributed by atoms with Crippen molar-refractivity contribution in [3.8, 4) is 0 Å². The van der Waals surface area contributed by atoms with Crippen molar-refractivity contribution in [3.63, 3.8) is 0 Å². The Bertz CT molecular complexity index is 554. The van der Waals surface area contributed by atoms with Crippen LogP contribution in [0.5, 0.6) is 0 Å². The smallest absolute Gasteiger partial charge is 0.275 e. The third kappa shape index (κ3) is 2.71. The number of carbonyl (C=O) groups is 1. The Morgan fingerprint density at radius 3 is 2.41 bits per heavy atom. The maximum absolute atomic E-state index is 12.7. The van der Waals surface area contributed by atoms with E-state index in [1.807, 2.05) is 4.90 Å². The second-order valence-electron chi connectivity index (χ2n) is 6.84. The first kappa shape index (κ1) is 14.7. The van der Waals surface area contributed by atoms with E-state index < -0.39 is 0 Å². The molecule has 2 saturated carbocycles. The van der Waals surface area contributed by atoms with Gasteiger partial charge < -0.3 is 4.90 Å². The number of piperazine rings is 1. The van der Waals surface area contributed by atoms with Gasteiger partial charge in [-0.05, 0) is 41.6 Å². The lowest BCUT2D eigenvalue weighted by Gasteiger charge is -2.37. The number of amides is 1. The largest absolute Gasteiger partial charge is 0.335 e. The molecule has 0 radical (unpaired) electrons. The third-order valence-corrected chi connectivity index (χ3v) is 6.17. The highest BCUT2D eigenvalue weighted by molar-refractivity contribution is 9.10. The van der Waals surface area contributed by atoms with Crippen LogP contribution in [0.3, 0.4) is 0 Å². The summed E-state index contributed by atoms with van der Waals surface area (Å²) in [4.78, 5) is 17.2. The van der Waals surface area contributed by atoms with E-state index in [0.717, 1.165) is 42.4 Å². The highest BCUT2D eigenvalue weighted by atomic mass is 79.9. The molecule has 3 fully saturated rings. The number of aromatic nitrogens is 2. The summed E-state index contributed by atoms with van der Waals surface area (Å²) in [5, 5.41) is 7.33. The van der Waals surface area contributed by atoms with Gasteiger partial charge in [0.1, 0.15) is 0 Å². The summed E-state index contributed by atoms with van der Waals surface area (Å²) in [7, 11) is 0. The SMILES string of the molecule is O=C(c1n[nH]c(C2CC2)c1Br)N1CCN(C2CCCC2)CC1. The van der Waals surface area contributed by atoms with Crippen LogP contribution in [0.25, 0.3) is 0 Å². The second-order valence-corrected chi connectivity index (χ2v) is 7.63. The van der Waals surface area contributed by atoms with Gasteiger partial charge in [-0.2, -0.15) is 5.10 Å². The first-order valence-corrected chi connectivity index (χ1v) is 9.30. The lowest BCUT2D eigenvalue weighted by Crippen LogP contribution is -2.51. The van der Waals surface area contributed by atoms with Gasteiger partial charge in [-0.1, -0.05) is 12.8 Å². The number of rotatable bonds is 3. The van der Waals surface area contributed by atoms with E-state index in [4.69, 9.17) is 0 Å². The van der Waals surface area contributed by atoms with E-state index in [1.54, 1.807) is 0 Å². The summed E-state index contributed by atoms with van der Waals surface area (Å²) < 4.78 is 0.887. The quantitative estimate of drug-likeness (QED) is 0.894. The van der Waals surface area contributed by atoms with E-state index in [1.165, 1.54) is 38.5 Å². The molecule has 1 N–H and O–H groups in total. The van der Waals surface area contributed by atoms with Crippen molar-refractivity contribution in [3.05, 3.63) is 15.9 Å². The van der Waals surface area contributed by atoms with Crippen molar-refractivity contribution >= 4 is 21.8 Å². The predicted molar refractivity (Wildman–Crippen MR) is 88.0 cm³/mol. The van der Waals surface area contributed by atoms with Gasteiger partial charge >= 0.3 is 0 Å². The van der Waals surface area contributed by atoms with Crippen molar-refractivity contribution in [2.45, 2.75) is 50.5 Å². The summed E-state index contributed by atoms with van der Waals surface area (Å²) in [6.45, 7) is 3.67. The van der Waals surface area contributed by atoms with E-state index >= 15 is 0 Å². The van der Waals surface area contributed by atoms with Crippen LogP contribution in [0.2, 0.25) is 0 Å². The van der Waals surface area contributed by atoms with Crippen LogP contribution in [-0.2, 0) is 0 Å². The highest BCUT2D eigenvalue weighted by Crippen LogP contribution is 2.43. The van der Waals surface area contributed by atoms with E-state index in [2.05, 4.69) is 31.0 Å². The Morgan fingerprint density at radius 2 is 1.77 bits per heavy atom. The van der Waals surface area contributed by atoms with Gasteiger partial charge in [0.15, 0.2) is 5.69 Å². The van der Waals surface area contributed by atoms with E-state index in [0.29, 0.717) is 11.6 Å². The molecule has 6 heteroatoms.